The molecular formula is C25H34N2O5. The quantitative estimate of drug-likeness (QED) is 0.470. The van der Waals surface area contributed by atoms with Gasteiger partial charge in [-0.2, -0.15) is 0 Å². The summed E-state index contributed by atoms with van der Waals surface area (Å²) in [6, 6.07) is 13.9. The van der Waals surface area contributed by atoms with Crippen molar-refractivity contribution >= 4 is 11.9 Å². The summed E-state index contributed by atoms with van der Waals surface area (Å²) in [6.45, 7) is 6.43. The molecule has 0 bridgehead atoms. The molecule has 1 fully saturated rings. The third-order valence-corrected chi connectivity index (χ3v) is 5.51. The smallest absolute Gasteiger partial charge is 0.320 e. The standard InChI is InChI=1S/C25H34N2O5/c1-3-30-25(29)19-26(16-22-10-7-15-31-22)18-24(28)27(17-23-12-11-20(2)32-23)14-13-21-8-5-4-6-9-21/h4-6,8-9,11-12,22H,3,7,10,13-19H2,1-2H3. The molecule has 2 heterocycles. The maximum absolute atomic E-state index is 13.3. The molecule has 1 aromatic heterocycles. The van der Waals surface area contributed by atoms with Gasteiger partial charge in [0.25, 0.3) is 0 Å². The monoisotopic (exact) mass is 442 g/mol. The van der Waals surface area contributed by atoms with Gasteiger partial charge in [0.05, 0.1) is 32.3 Å². The Morgan fingerprint density at radius 1 is 1.12 bits per heavy atom. The first-order valence-electron chi connectivity index (χ1n) is 11.4. The topological polar surface area (TPSA) is 72.2 Å². The molecule has 1 aliphatic heterocycles. The molecule has 0 radical (unpaired) electrons. The molecule has 0 N–H and O–H groups in total. The number of nitrogens with zero attached hydrogens (tertiary/aromatic N) is 2. The number of benzene rings is 1. The van der Waals surface area contributed by atoms with Gasteiger partial charge in [0.2, 0.25) is 5.91 Å². The summed E-state index contributed by atoms with van der Waals surface area (Å²) in [6.07, 6.45) is 2.74. The number of rotatable bonds is 12. The van der Waals surface area contributed by atoms with Gasteiger partial charge in [0.15, 0.2) is 0 Å². The van der Waals surface area contributed by atoms with Gasteiger partial charge in [-0.05, 0) is 50.8 Å². The molecule has 0 aliphatic carbocycles. The molecule has 1 unspecified atom stereocenters. The molecule has 3 rings (SSSR count). The van der Waals surface area contributed by atoms with Crippen molar-refractivity contribution in [2.75, 3.05) is 39.4 Å². The first kappa shape index (κ1) is 24.0. The number of carbonyl (C=O) groups is 2. The van der Waals surface area contributed by atoms with Crippen LogP contribution in [0.3, 0.4) is 0 Å². The molecular weight excluding hydrogens is 408 g/mol. The van der Waals surface area contributed by atoms with E-state index in [2.05, 4.69) is 12.1 Å². The summed E-state index contributed by atoms with van der Waals surface area (Å²) in [4.78, 5) is 29.1. The maximum Gasteiger partial charge on any atom is 0.320 e. The van der Waals surface area contributed by atoms with Crippen LogP contribution in [0.4, 0.5) is 0 Å². The normalized spacial score (nSPS) is 15.8. The van der Waals surface area contributed by atoms with Crippen molar-refractivity contribution in [1.82, 2.24) is 9.80 Å². The number of carbonyl (C=O) groups excluding carboxylic acids is 2. The van der Waals surface area contributed by atoms with E-state index in [0.717, 1.165) is 37.4 Å². The van der Waals surface area contributed by atoms with E-state index in [1.807, 2.05) is 42.2 Å². The highest BCUT2D eigenvalue weighted by atomic mass is 16.5. The minimum Gasteiger partial charge on any atom is -0.465 e. The van der Waals surface area contributed by atoms with E-state index < -0.39 is 0 Å². The number of amides is 1. The van der Waals surface area contributed by atoms with E-state index in [1.54, 1.807) is 11.8 Å². The zero-order valence-corrected chi connectivity index (χ0v) is 19.1. The first-order valence-corrected chi connectivity index (χ1v) is 11.4. The third-order valence-electron chi connectivity index (χ3n) is 5.51. The Bertz CT molecular complexity index is 845. The minimum absolute atomic E-state index is 0.0442. The van der Waals surface area contributed by atoms with Crippen molar-refractivity contribution in [3.8, 4) is 0 Å². The van der Waals surface area contributed by atoms with Gasteiger partial charge in [-0.25, -0.2) is 0 Å². The first-order chi connectivity index (χ1) is 15.5. The number of aryl methyl sites for hydroxylation is 1. The highest BCUT2D eigenvalue weighted by Crippen LogP contribution is 2.15. The van der Waals surface area contributed by atoms with Crippen LogP contribution in [0.25, 0.3) is 0 Å². The van der Waals surface area contributed by atoms with Gasteiger partial charge >= 0.3 is 5.97 Å². The Labute approximate surface area is 190 Å². The molecule has 174 valence electrons. The Morgan fingerprint density at radius 3 is 2.59 bits per heavy atom. The van der Waals surface area contributed by atoms with Crippen LogP contribution in [0, 0.1) is 6.92 Å². The molecule has 1 saturated heterocycles. The predicted octanol–water partition coefficient (Wildman–Crippen LogP) is 3.20. The lowest BCUT2D eigenvalue weighted by atomic mass is 10.1. The van der Waals surface area contributed by atoms with Gasteiger partial charge in [0.1, 0.15) is 11.5 Å². The summed E-state index contributed by atoms with van der Waals surface area (Å²) in [5.41, 5.74) is 1.17. The maximum atomic E-state index is 13.3. The Balaban J connectivity index is 1.67. The largest absolute Gasteiger partial charge is 0.465 e. The van der Waals surface area contributed by atoms with E-state index in [0.29, 0.717) is 26.2 Å². The Morgan fingerprint density at radius 2 is 1.94 bits per heavy atom. The van der Waals surface area contributed by atoms with Crippen molar-refractivity contribution in [1.29, 1.82) is 0 Å². The third kappa shape index (κ3) is 7.80. The molecule has 0 spiro atoms. The zero-order valence-electron chi connectivity index (χ0n) is 19.1. The summed E-state index contributed by atoms with van der Waals surface area (Å²) < 4.78 is 16.6. The lowest BCUT2D eigenvalue weighted by molar-refractivity contribution is -0.145. The highest BCUT2D eigenvalue weighted by Gasteiger charge is 2.25. The molecule has 2 aromatic rings. The van der Waals surface area contributed by atoms with Crippen molar-refractivity contribution in [2.45, 2.75) is 45.8 Å². The average Bonchev–Trinajstić information content (AvgIpc) is 3.43. The lowest BCUT2D eigenvalue weighted by Gasteiger charge is -2.28. The summed E-state index contributed by atoms with van der Waals surface area (Å²) in [7, 11) is 0. The van der Waals surface area contributed by atoms with Crippen LogP contribution in [-0.2, 0) is 32.0 Å². The second-order valence-corrected chi connectivity index (χ2v) is 8.17. The second kappa shape index (κ2) is 12.4. The van der Waals surface area contributed by atoms with Crippen molar-refractivity contribution in [3.63, 3.8) is 0 Å². The Kier molecular flexibility index (Phi) is 9.31. The fourth-order valence-electron chi connectivity index (χ4n) is 3.90. The molecule has 1 amide bonds. The second-order valence-electron chi connectivity index (χ2n) is 8.17. The van der Waals surface area contributed by atoms with Gasteiger partial charge in [-0.1, -0.05) is 30.3 Å². The lowest BCUT2D eigenvalue weighted by Crippen LogP contribution is -2.45. The van der Waals surface area contributed by atoms with E-state index in [4.69, 9.17) is 13.9 Å². The van der Waals surface area contributed by atoms with E-state index >= 15 is 0 Å². The Hall–Kier alpha value is -2.64. The SMILES string of the molecule is CCOC(=O)CN(CC(=O)N(CCc1ccccc1)Cc1ccc(C)o1)CC1CCCO1. The van der Waals surface area contributed by atoms with Gasteiger partial charge in [0, 0.05) is 19.7 Å². The van der Waals surface area contributed by atoms with Gasteiger partial charge in [-0.3, -0.25) is 14.5 Å². The van der Waals surface area contributed by atoms with Crippen LogP contribution < -0.4 is 0 Å². The number of ether oxygens (including phenoxy) is 2. The van der Waals surface area contributed by atoms with Crippen molar-refractivity contribution in [2.24, 2.45) is 0 Å². The zero-order chi connectivity index (χ0) is 22.8. The molecule has 1 aliphatic rings. The number of hydrogen-bond acceptors (Lipinski definition) is 6. The summed E-state index contributed by atoms with van der Waals surface area (Å²) in [5.74, 6) is 1.20. The number of esters is 1. The van der Waals surface area contributed by atoms with Gasteiger partial charge < -0.3 is 18.8 Å². The highest BCUT2D eigenvalue weighted by molar-refractivity contribution is 5.79. The predicted molar refractivity (Wildman–Crippen MR) is 121 cm³/mol. The molecule has 32 heavy (non-hydrogen) atoms. The van der Waals surface area contributed by atoms with Crippen molar-refractivity contribution < 1.29 is 23.5 Å². The fourth-order valence-corrected chi connectivity index (χ4v) is 3.90. The van der Waals surface area contributed by atoms with E-state index in [9.17, 15) is 9.59 Å². The number of furan rings is 1. The van der Waals surface area contributed by atoms with Gasteiger partial charge in [-0.15, -0.1) is 0 Å². The number of hydrogen-bond donors (Lipinski definition) is 0. The molecule has 7 heteroatoms. The van der Waals surface area contributed by atoms with E-state index in [1.165, 1.54) is 5.56 Å². The van der Waals surface area contributed by atoms with Crippen LogP contribution in [0.1, 0.15) is 36.8 Å². The summed E-state index contributed by atoms with van der Waals surface area (Å²) in [5, 5.41) is 0. The van der Waals surface area contributed by atoms with Crippen LogP contribution in [0.5, 0.6) is 0 Å². The van der Waals surface area contributed by atoms with Crippen LogP contribution >= 0.6 is 0 Å². The average molecular weight is 443 g/mol. The summed E-state index contributed by atoms with van der Waals surface area (Å²) >= 11 is 0. The van der Waals surface area contributed by atoms with Crippen LogP contribution in [0.2, 0.25) is 0 Å². The molecule has 1 atom stereocenters. The van der Waals surface area contributed by atoms with Crippen LogP contribution in [0.15, 0.2) is 46.9 Å². The van der Waals surface area contributed by atoms with E-state index in [-0.39, 0.29) is 31.1 Å². The van der Waals surface area contributed by atoms with Crippen LogP contribution in [-0.4, -0.2) is 67.2 Å². The molecule has 1 aromatic carbocycles. The molecule has 7 nitrogen and oxygen atoms in total. The molecule has 0 saturated carbocycles. The fraction of sp³-hybridized carbons (Fsp3) is 0.520. The minimum atomic E-state index is -0.323. The van der Waals surface area contributed by atoms with Crippen molar-refractivity contribution in [3.05, 3.63) is 59.5 Å².